The molecule has 18 heavy (non-hydrogen) atoms. The van der Waals surface area contributed by atoms with E-state index in [1.54, 1.807) is 0 Å². The molecule has 4 nitrogen and oxygen atoms in total. The van der Waals surface area contributed by atoms with Gasteiger partial charge in [-0.2, -0.15) is 0 Å². The molecule has 1 amide bonds. The summed E-state index contributed by atoms with van der Waals surface area (Å²) in [7, 11) is 0. The van der Waals surface area contributed by atoms with Gasteiger partial charge in [-0.05, 0) is 44.9 Å². The van der Waals surface area contributed by atoms with Crippen molar-refractivity contribution in [3.8, 4) is 0 Å². The number of rotatable bonds is 5. The molecule has 0 aromatic heterocycles. The quantitative estimate of drug-likeness (QED) is 0.790. The Morgan fingerprint density at radius 3 is 2.33 bits per heavy atom. The highest BCUT2D eigenvalue weighted by molar-refractivity contribution is 5.77. The summed E-state index contributed by atoms with van der Waals surface area (Å²) in [5.74, 6) is -0.151. The molecule has 2 N–H and O–H groups in total. The molecule has 1 rings (SSSR count). The summed E-state index contributed by atoms with van der Waals surface area (Å²) < 4.78 is 5.22. The zero-order valence-electron chi connectivity index (χ0n) is 12.1. The van der Waals surface area contributed by atoms with Crippen LogP contribution in [-0.2, 0) is 9.53 Å². The topological polar surface area (TPSA) is 58.6 Å². The standard InChI is InChI=1S/C14H27NO3/c1-11(2)18-9-12(16)15-10-14(17)7-5-13(3,4)6-8-14/h11,17H,5-10H2,1-4H3,(H,15,16). The number of hydrogen-bond donors (Lipinski definition) is 2. The Morgan fingerprint density at radius 2 is 1.83 bits per heavy atom. The number of carbonyl (C=O) groups excluding carboxylic acids is 1. The Kier molecular flexibility index (Phi) is 5.17. The summed E-state index contributed by atoms with van der Waals surface area (Å²) >= 11 is 0. The van der Waals surface area contributed by atoms with Crippen molar-refractivity contribution in [2.45, 2.75) is 65.1 Å². The smallest absolute Gasteiger partial charge is 0.246 e. The van der Waals surface area contributed by atoms with Crippen molar-refractivity contribution < 1.29 is 14.6 Å². The van der Waals surface area contributed by atoms with Gasteiger partial charge in [-0.1, -0.05) is 13.8 Å². The van der Waals surface area contributed by atoms with Crippen LogP contribution >= 0.6 is 0 Å². The van der Waals surface area contributed by atoms with Crippen LogP contribution in [0.3, 0.4) is 0 Å². The van der Waals surface area contributed by atoms with Gasteiger partial charge < -0.3 is 15.2 Å². The maximum atomic E-state index is 11.5. The van der Waals surface area contributed by atoms with E-state index >= 15 is 0 Å². The molecule has 1 fully saturated rings. The minimum Gasteiger partial charge on any atom is -0.388 e. The summed E-state index contributed by atoms with van der Waals surface area (Å²) in [6.07, 6.45) is 3.56. The first-order chi connectivity index (χ1) is 8.22. The van der Waals surface area contributed by atoms with Gasteiger partial charge in [-0.25, -0.2) is 0 Å². The molecule has 0 aromatic rings. The average molecular weight is 257 g/mol. The Balaban J connectivity index is 2.28. The predicted molar refractivity (Wildman–Crippen MR) is 71.3 cm³/mol. The Morgan fingerprint density at radius 1 is 1.28 bits per heavy atom. The molecule has 0 aliphatic heterocycles. The van der Waals surface area contributed by atoms with Crippen LogP contribution in [0.15, 0.2) is 0 Å². The molecule has 0 saturated heterocycles. The Bertz CT molecular complexity index is 277. The number of hydrogen-bond acceptors (Lipinski definition) is 3. The third-order valence-corrected chi connectivity index (χ3v) is 3.70. The maximum absolute atomic E-state index is 11.5. The van der Waals surface area contributed by atoms with E-state index in [0.29, 0.717) is 12.0 Å². The number of ether oxygens (including phenoxy) is 1. The number of nitrogens with one attached hydrogen (secondary N) is 1. The molecule has 0 heterocycles. The fraction of sp³-hybridized carbons (Fsp3) is 0.929. The van der Waals surface area contributed by atoms with Gasteiger partial charge in [0, 0.05) is 6.54 Å². The first-order valence-electron chi connectivity index (χ1n) is 6.83. The van der Waals surface area contributed by atoms with Crippen LogP contribution in [0.1, 0.15) is 53.4 Å². The molecule has 1 aliphatic rings. The van der Waals surface area contributed by atoms with Crippen molar-refractivity contribution in [1.29, 1.82) is 0 Å². The fourth-order valence-corrected chi connectivity index (χ4v) is 2.13. The van der Waals surface area contributed by atoms with Crippen molar-refractivity contribution in [3.05, 3.63) is 0 Å². The monoisotopic (exact) mass is 257 g/mol. The highest BCUT2D eigenvalue weighted by Crippen LogP contribution is 2.39. The van der Waals surface area contributed by atoms with Crippen LogP contribution in [0.5, 0.6) is 0 Å². The molecule has 0 atom stereocenters. The number of aliphatic hydroxyl groups is 1. The van der Waals surface area contributed by atoms with Crippen LogP contribution in [0.25, 0.3) is 0 Å². The number of amides is 1. The largest absolute Gasteiger partial charge is 0.388 e. The van der Waals surface area contributed by atoms with E-state index in [0.717, 1.165) is 25.7 Å². The lowest BCUT2D eigenvalue weighted by molar-refractivity contribution is -0.129. The van der Waals surface area contributed by atoms with Crippen LogP contribution in [-0.4, -0.2) is 35.9 Å². The Hall–Kier alpha value is -0.610. The molecule has 0 radical (unpaired) electrons. The summed E-state index contributed by atoms with van der Waals surface area (Å²) in [6.45, 7) is 8.64. The lowest BCUT2D eigenvalue weighted by Crippen LogP contribution is -2.47. The minimum absolute atomic E-state index is 0.0503. The molecule has 1 saturated carbocycles. The minimum atomic E-state index is -0.733. The van der Waals surface area contributed by atoms with Gasteiger partial charge in [0.2, 0.25) is 5.91 Å². The summed E-state index contributed by atoms with van der Waals surface area (Å²) in [5.41, 5.74) is -0.417. The lowest BCUT2D eigenvalue weighted by atomic mass is 9.71. The molecular weight excluding hydrogens is 230 g/mol. The van der Waals surface area contributed by atoms with Gasteiger partial charge in [-0.15, -0.1) is 0 Å². The second-order valence-corrected chi connectivity index (χ2v) is 6.53. The number of carbonyl (C=O) groups is 1. The van der Waals surface area contributed by atoms with Crippen LogP contribution in [0, 0.1) is 5.41 Å². The third-order valence-electron chi connectivity index (χ3n) is 3.70. The van der Waals surface area contributed by atoms with E-state index < -0.39 is 5.60 Å². The molecule has 0 bridgehead atoms. The van der Waals surface area contributed by atoms with E-state index in [4.69, 9.17) is 4.74 Å². The van der Waals surface area contributed by atoms with E-state index in [1.807, 2.05) is 13.8 Å². The van der Waals surface area contributed by atoms with Crippen molar-refractivity contribution in [1.82, 2.24) is 5.32 Å². The summed E-state index contributed by atoms with van der Waals surface area (Å²) in [5, 5.41) is 13.1. The lowest BCUT2D eigenvalue weighted by Gasteiger charge is -2.40. The van der Waals surface area contributed by atoms with Gasteiger partial charge in [0.1, 0.15) is 6.61 Å². The van der Waals surface area contributed by atoms with Gasteiger partial charge in [0.05, 0.1) is 11.7 Å². The first-order valence-corrected chi connectivity index (χ1v) is 6.83. The zero-order valence-corrected chi connectivity index (χ0v) is 12.1. The second kappa shape index (κ2) is 6.02. The third kappa shape index (κ3) is 5.36. The van der Waals surface area contributed by atoms with Gasteiger partial charge >= 0.3 is 0 Å². The average Bonchev–Trinajstić information content (AvgIpc) is 2.29. The Labute approximate surface area is 110 Å². The summed E-state index contributed by atoms with van der Waals surface area (Å²) in [4.78, 5) is 11.5. The van der Waals surface area contributed by atoms with Crippen molar-refractivity contribution in [2.75, 3.05) is 13.2 Å². The normalized spacial score (nSPS) is 21.9. The van der Waals surface area contributed by atoms with E-state index in [2.05, 4.69) is 19.2 Å². The molecule has 1 aliphatic carbocycles. The van der Waals surface area contributed by atoms with E-state index in [1.165, 1.54) is 0 Å². The first kappa shape index (κ1) is 15.4. The highest BCUT2D eigenvalue weighted by Gasteiger charge is 2.36. The second-order valence-electron chi connectivity index (χ2n) is 6.53. The van der Waals surface area contributed by atoms with Crippen molar-refractivity contribution in [2.24, 2.45) is 5.41 Å². The molecule has 4 heteroatoms. The molecule has 106 valence electrons. The van der Waals surface area contributed by atoms with Crippen molar-refractivity contribution in [3.63, 3.8) is 0 Å². The summed E-state index contributed by atoms with van der Waals surface area (Å²) in [6, 6.07) is 0. The molecule has 0 aromatic carbocycles. The van der Waals surface area contributed by atoms with Crippen molar-refractivity contribution >= 4 is 5.91 Å². The van der Waals surface area contributed by atoms with Crippen LogP contribution < -0.4 is 5.32 Å². The van der Waals surface area contributed by atoms with Crippen LogP contribution in [0.2, 0.25) is 0 Å². The molecule has 0 unspecified atom stereocenters. The van der Waals surface area contributed by atoms with Crippen LogP contribution in [0.4, 0.5) is 0 Å². The van der Waals surface area contributed by atoms with Gasteiger partial charge in [-0.3, -0.25) is 4.79 Å². The van der Waals surface area contributed by atoms with E-state index in [9.17, 15) is 9.90 Å². The highest BCUT2D eigenvalue weighted by atomic mass is 16.5. The van der Waals surface area contributed by atoms with Gasteiger partial charge in [0.25, 0.3) is 0 Å². The van der Waals surface area contributed by atoms with E-state index in [-0.39, 0.29) is 18.6 Å². The maximum Gasteiger partial charge on any atom is 0.246 e. The predicted octanol–water partition coefficient (Wildman–Crippen LogP) is 1.86. The fourth-order valence-electron chi connectivity index (χ4n) is 2.13. The SMILES string of the molecule is CC(C)OCC(=O)NCC1(O)CCC(C)(C)CC1. The van der Waals surface area contributed by atoms with Gasteiger partial charge in [0.15, 0.2) is 0 Å². The molecular formula is C14H27NO3. The molecule has 0 spiro atoms. The zero-order chi connectivity index (χ0) is 13.8.